The zero-order valence-electron chi connectivity index (χ0n) is 55.2. The number of aliphatic hydroxyl groups is 1. The van der Waals surface area contributed by atoms with Crippen LogP contribution in [0.5, 0.6) is 5.75 Å². The number of rotatable bonds is 29. The molecule has 94 heavy (non-hydrogen) atoms. The number of carbonyl (C=O) groups excluding carboxylic acids is 9. The van der Waals surface area contributed by atoms with Crippen molar-refractivity contribution in [3.63, 3.8) is 0 Å². The number of benzene rings is 1. The first kappa shape index (κ1) is 74.1. The molecule has 4 bridgehead atoms. The van der Waals surface area contributed by atoms with Crippen molar-refractivity contribution < 1.29 is 86.2 Å². The fraction of sp³-hybridized carbons (Fsp3) is 0.708. The van der Waals surface area contributed by atoms with E-state index in [1.54, 1.807) is 45.2 Å². The zero-order chi connectivity index (χ0) is 67.9. The predicted octanol–water partition coefficient (Wildman–Crippen LogP) is 4.58. The summed E-state index contributed by atoms with van der Waals surface area (Å²) in [4.78, 5) is 123. The first-order valence-corrected chi connectivity index (χ1v) is 35.2. The van der Waals surface area contributed by atoms with Gasteiger partial charge in [0.2, 0.25) is 35.4 Å². The first-order valence-electron chi connectivity index (χ1n) is 32.7. The lowest BCUT2D eigenvalue weighted by atomic mass is 9.81. The van der Waals surface area contributed by atoms with Gasteiger partial charge in [-0.15, -0.1) is 11.8 Å². The Morgan fingerprint density at radius 2 is 1.64 bits per heavy atom. The Bertz CT molecular complexity index is 2940. The van der Waals surface area contributed by atoms with Crippen molar-refractivity contribution in [1.29, 1.82) is 0 Å². The fourth-order valence-corrected chi connectivity index (χ4v) is 16.0. The highest BCUT2D eigenvalue weighted by atomic mass is 35.5. The van der Waals surface area contributed by atoms with Gasteiger partial charge in [0.05, 0.1) is 82.3 Å². The van der Waals surface area contributed by atoms with E-state index < -0.39 is 83.2 Å². The maximum atomic E-state index is 14.4. The highest BCUT2D eigenvalue weighted by Gasteiger charge is 2.64. The van der Waals surface area contributed by atoms with Crippen molar-refractivity contribution in [2.45, 2.75) is 176 Å². The molecule has 0 radical (unpaired) electrons. The first-order chi connectivity index (χ1) is 44.9. The lowest BCUT2D eigenvalue weighted by Crippen LogP contribution is -2.63. The number of unbranched alkanes of at least 4 members (excludes halogenated alkanes) is 1. The van der Waals surface area contributed by atoms with E-state index in [4.69, 9.17) is 49.5 Å². The van der Waals surface area contributed by atoms with Gasteiger partial charge >= 0.3 is 18.1 Å². The van der Waals surface area contributed by atoms with Crippen LogP contribution in [0.15, 0.2) is 35.9 Å². The standard InChI is InChI=1S/C65H95ClN8O18S2/c1-38-12-11-14-50(86-8)65(84)35-47(90-63(83)71-65)39(2)58-64(4,92-58)51(34-54(77)73(6)45-31-42(30-38)32-46(85-7)56(45)66)91-61(81)40(3)72(5)53(76)20-29-93-49-33-55(78)74(60(49)80)36-41-16-18-43(19-17-41)59(79)68-22-24-88-26-28-89-27-25-87-23-21-67-52(75)15-10-9-13-48-57-44(37-94-48)69-62(82)70-57/h11-12,14,31-32,39-41,43-44,47-51,57-58,84H,9-10,13,15-30,33-37H2,1-8H3,(H,67,75)(H,68,79)(H,71,83)(H2,69,70,82)/b14-11-,38-12-/t39-,40-,41?,43?,44+,47?,48+,49?,50-,51+,57+,58+,64-,65+/m1/s1. The van der Waals surface area contributed by atoms with Gasteiger partial charge < -0.3 is 74.1 Å². The van der Waals surface area contributed by atoms with Crippen molar-refractivity contribution in [2.75, 3.05) is 104 Å². The summed E-state index contributed by atoms with van der Waals surface area (Å²) in [6, 6.07) is 2.69. The molecule has 1 aromatic carbocycles. The van der Waals surface area contributed by atoms with Crippen LogP contribution in [0.4, 0.5) is 15.3 Å². The average molecular weight is 1380 g/mol. The van der Waals surface area contributed by atoms with Gasteiger partial charge in [-0.3, -0.25) is 39.0 Å². The number of halogens is 1. The zero-order valence-corrected chi connectivity index (χ0v) is 57.6. The van der Waals surface area contributed by atoms with E-state index in [2.05, 4.69) is 26.6 Å². The van der Waals surface area contributed by atoms with Gasteiger partial charge in [0, 0.05) is 95.1 Å². The van der Waals surface area contributed by atoms with Crippen LogP contribution >= 0.6 is 35.1 Å². The van der Waals surface area contributed by atoms with E-state index in [1.807, 2.05) is 24.8 Å². The largest absolute Gasteiger partial charge is 0.495 e. The van der Waals surface area contributed by atoms with E-state index in [-0.39, 0.29) is 90.2 Å². The number of carbonyl (C=O) groups is 9. The predicted molar refractivity (Wildman–Crippen MR) is 351 cm³/mol. The Morgan fingerprint density at radius 3 is 2.34 bits per heavy atom. The topological polar surface area (TPSA) is 321 Å². The average Bonchev–Trinajstić information content (AvgIpc) is 1.57. The lowest BCUT2D eigenvalue weighted by molar-refractivity contribution is -0.162. The molecule has 6 fully saturated rings. The van der Waals surface area contributed by atoms with Crippen LogP contribution in [0, 0.1) is 17.8 Å². The third kappa shape index (κ3) is 19.5. The van der Waals surface area contributed by atoms with E-state index in [9.17, 15) is 48.3 Å². The number of likely N-dealkylation sites (tertiary alicyclic amines) is 1. The molecule has 1 aliphatic carbocycles. The molecule has 26 nitrogen and oxygen atoms in total. The van der Waals surface area contributed by atoms with Crippen LogP contribution in [0.3, 0.4) is 0 Å². The third-order valence-corrected chi connectivity index (χ3v) is 22.1. The van der Waals surface area contributed by atoms with E-state index in [1.165, 1.54) is 54.7 Å². The van der Waals surface area contributed by atoms with Crippen LogP contribution in [-0.2, 0) is 73.1 Å². The Balaban J connectivity index is 0.713. The smallest absolute Gasteiger partial charge is 0.409 e. The number of hydrogen-bond donors (Lipinski definition) is 6. The van der Waals surface area contributed by atoms with Crippen LogP contribution in [-0.4, -0.2) is 232 Å². The number of allylic oxidation sites excluding steroid dienone is 3. The number of hydrogen-bond acceptors (Lipinski definition) is 20. The molecule has 12 atom stereocenters. The molecule has 29 heteroatoms. The molecular weight excluding hydrogens is 1280 g/mol. The number of fused-ring (bicyclic) bond motifs is 6. The molecule has 8 rings (SSSR count). The number of esters is 1. The molecule has 9 amide bonds. The summed E-state index contributed by atoms with van der Waals surface area (Å²) < 4.78 is 46.3. The van der Waals surface area contributed by atoms with E-state index >= 15 is 0 Å². The maximum Gasteiger partial charge on any atom is 0.409 e. The second kappa shape index (κ2) is 34.5. The Labute approximate surface area is 563 Å². The van der Waals surface area contributed by atoms with Gasteiger partial charge in [0.25, 0.3) is 0 Å². The monoisotopic (exact) mass is 1370 g/mol. The molecule has 6 heterocycles. The lowest BCUT2D eigenvalue weighted by Gasteiger charge is -2.42. The minimum atomic E-state index is -1.89. The minimum absolute atomic E-state index is 0.00182. The summed E-state index contributed by atoms with van der Waals surface area (Å²) in [5.41, 5.74) is -1.21. The second-order valence-corrected chi connectivity index (χ2v) is 28.6. The third-order valence-electron chi connectivity index (χ3n) is 19.0. The van der Waals surface area contributed by atoms with Gasteiger partial charge in [0.15, 0.2) is 5.72 Å². The number of methoxy groups -OCH3 is 2. The van der Waals surface area contributed by atoms with Gasteiger partial charge in [0.1, 0.15) is 40.7 Å². The van der Waals surface area contributed by atoms with Gasteiger partial charge in [-0.25, -0.2) is 14.4 Å². The van der Waals surface area contributed by atoms with Gasteiger partial charge in [-0.05, 0) is 89.3 Å². The van der Waals surface area contributed by atoms with Crippen molar-refractivity contribution >= 4 is 94.3 Å². The summed E-state index contributed by atoms with van der Waals surface area (Å²) >= 11 is 9.93. The van der Waals surface area contributed by atoms with Crippen molar-refractivity contribution in [2.24, 2.45) is 17.8 Å². The van der Waals surface area contributed by atoms with Crippen LogP contribution < -0.4 is 36.2 Å². The number of anilines is 1. The minimum Gasteiger partial charge on any atom is -0.495 e. The van der Waals surface area contributed by atoms with Crippen LogP contribution in [0.2, 0.25) is 5.02 Å². The fourth-order valence-electron chi connectivity index (χ4n) is 13.1. The number of epoxide rings is 1. The highest BCUT2D eigenvalue weighted by molar-refractivity contribution is 8.00. The second-order valence-electron chi connectivity index (χ2n) is 25.6. The summed E-state index contributed by atoms with van der Waals surface area (Å²) in [6.07, 6.45) is 6.02. The summed E-state index contributed by atoms with van der Waals surface area (Å²) in [6.45, 7) is 10.1. The SMILES string of the molecule is COc1cc2cc(c1Cl)N(C)C(=O)C[C@H](OC(=O)[C@@H](C)N(C)C(=O)CCSC1CC(=O)N(CC3CCC(C(=O)NCCOCCOCCOCCNC(=O)CCCC[C@@H]4SC[C@@H]5NC(=O)N[C@@H]54)CC3)C1=O)[C@@]1(C)O[C@H]1[C@H](C)C1C[C@@](O)(NC(=O)O1)[C@H](OC)/C=C\C=C(\C)C2. The Hall–Kier alpha value is -5.72. The summed E-state index contributed by atoms with van der Waals surface area (Å²) in [5, 5.41) is 26.1. The molecule has 2 unspecified atom stereocenters. The molecule has 1 saturated carbocycles. The normalized spacial score (nSPS) is 30.6. The van der Waals surface area contributed by atoms with Crippen molar-refractivity contribution in [3.05, 3.63) is 46.5 Å². The van der Waals surface area contributed by atoms with Crippen LogP contribution in [0.1, 0.15) is 110 Å². The summed E-state index contributed by atoms with van der Waals surface area (Å²) in [5.74, 6) is -1.71. The van der Waals surface area contributed by atoms with Crippen LogP contribution in [0.25, 0.3) is 0 Å². The number of likely N-dealkylation sites (N-methyl/N-ethyl adjacent to an activating group) is 1. The molecular formula is C65H95ClN8O18S2. The molecule has 522 valence electrons. The Kier molecular flexibility index (Phi) is 27.2. The molecule has 5 saturated heterocycles. The molecule has 6 N–H and O–H groups in total. The molecule has 0 aromatic heterocycles. The highest BCUT2D eigenvalue weighted by Crippen LogP contribution is 2.49. The van der Waals surface area contributed by atoms with E-state index in [0.717, 1.165) is 36.2 Å². The number of urea groups is 1. The van der Waals surface area contributed by atoms with E-state index in [0.29, 0.717) is 108 Å². The number of ether oxygens (including phenoxy) is 8. The molecule has 0 spiro atoms. The maximum absolute atomic E-state index is 14.4. The molecule has 7 aliphatic rings. The summed E-state index contributed by atoms with van der Waals surface area (Å²) in [7, 11) is 5.88. The number of alkyl carbamates (subject to hydrolysis) is 1. The number of imide groups is 1. The van der Waals surface area contributed by atoms with Gasteiger partial charge in [-0.1, -0.05) is 48.7 Å². The number of thioether (sulfide) groups is 2. The number of nitrogens with one attached hydrogen (secondary N) is 5. The number of nitrogens with zero attached hydrogens (tertiary/aromatic N) is 3. The Morgan fingerprint density at radius 1 is 0.936 bits per heavy atom. The van der Waals surface area contributed by atoms with Crippen molar-refractivity contribution in [3.8, 4) is 5.75 Å². The van der Waals surface area contributed by atoms with Crippen molar-refractivity contribution in [1.82, 2.24) is 36.4 Å². The molecule has 6 aliphatic heterocycles. The quantitative estimate of drug-likeness (QED) is 0.0210. The van der Waals surface area contributed by atoms with Gasteiger partial charge in [-0.2, -0.15) is 11.8 Å². The molecule has 1 aromatic rings. The number of amides is 9.